The third-order valence-corrected chi connectivity index (χ3v) is 7.94. The van der Waals surface area contributed by atoms with Crippen LogP contribution in [-0.4, -0.2) is 75.3 Å². The molecule has 2 heterocycles. The van der Waals surface area contributed by atoms with Crippen LogP contribution < -0.4 is 10.0 Å². The van der Waals surface area contributed by atoms with Crippen molar-refractivity contribution in [2.45, 2.75) is 64.0 Å². The lowest BCUT2D eigenvalue weighted by molar-refractivity contribution is -0.00403. The number of hydrogen-bond donors (Lipinski definition) is 3. The molecule has 0 bridgehead atoms. The topological polar surface area (TPSA) is 109 Å². The number of aryl methyl sites for hydroxylation is 1. The molecule has 9 nitrogen and oxygen atoms in total. The fraction of sp³-hybridized carbons (Fsp3) is 0.630. The fourth-order valence-electron chi connectivity index (χ4n) is 4.65. The molecule has 1 saturated heterocycles. The lowest BCUT2D eigenvalue weighted by Gasteiger charge is -2.35. The largest absolute Gasteiger partial charge is 0.477 e. The molecule has 4 rings (SSSR count). The van der Waals surface area contributed by atoms with Gasteiger partial charge in [0, 0.05) is 45.8 Å². The molecule has 3 atom stereocenters. The Labute approximate surface area is 228 Å². The maximum atomic E-state index is 13.4. The first kappa shape index (κ1) is 32.0. The van der Waals surface area contributed by atoms with Gasteiger partial charge in [-0.15, -0.1) is 0 Å². The van der Waals surface area contributed by atoms with E-state index in [1.54, 1.807) is 23.5 Å². The lowest BCUT2D eigenvalue weighted by atomic mass is 9.82. The van der Waals surface area contributed by atoms with Crippen molar-refractivity contribution in [1.29, 1.82) is 0 Å². The van der Waals surface area contributed by atoms with Gasteiger partial charge < -0.3 is 15.2 Å². The van der Waals surface area contributed by atoms with E-state index in [0.29, 0.717) is 18.4 Å². The molecule has 11 heteroatoms. The minimum absolute atomic E-state index is 0.149. The summed E-state index contributed by atoms with van der Waals surface area (Å²) < 4.78 is 38.0. The van der Waals surface area contributed by atoms with Gasteiger partial charge in [-0.3, -0.25) is 4.68 Å². The molecule has 3 N–H and O–H groups in total. The second-order valence-corrected chi connectivity index (χ2v) is 11.0. The van der Waals surface area contributed by atoms with E-state index in [0.717, 1.165) is 50.8 Å². The predicted octanol–water partition coefficient (Wildman–Crippen LogP) is 3.72. The molecule has 214 valence electrons. The highest BCUT2D eigenvalue weighted by molar-refractivity contribution is 7.80. The molecule has 2 fully saturated rings. The number of carboxylic acid groups (broad SMARTS) is 1. The van der Waals surface area contributed by atoms with Gasteiger partial charge in [-0.05, 0) is 68.3 Å². The van der Waals surface area contributed by atoms with Crippen molar-refractivity contribution < 1.29 is 23.2 Å². The zero-order chi connectivity index (χ0) is 28.1. The molecule has 1 unspecified atom stereocenters. The molecule has 2 aliphatic rings. The quantitative estimate of drug-likeness (QED) is 0.460. The van der Waals surface area contributed by atoms with E-state index in [1.807, 2.05) is 34.0 Å². The Hall–Kier alpha value is -2.18. The Morgan fingerprint density at radius 3 is 2.50 bits per heavy atom. The number of carboxylic acids is 1. The van der Waals surface area contributed by atoms with Gasteiger partial charge in [-0.1, -0.05) is 26.0 Å². The Morgan fingerprint density at radius 2 is 1.95 bits per heavy atom. The lowest BCUT2D eigenvalue weighted by Crippen LogP contribution is -2.51. The van der Waals surface area contributed by atoms with Crippen LogP contribution in [0, 0.1) is 11.7 Å². The number of ether oxygens (including phenoxy) is 1. The highest BCUT2D eigenvalue weighted by atomic mass is 32.2. The summed E-state index contributed by atoms with van der Waals surface area (Å²) in [5, 5.41) is 15.5. The second kappa shape index (κ2) is 16.7. The van der Waals surface area contributed by atoms with Crippen LogP contribution in [0.4, 0.5) is 4.39 Å². The van der Waals surface area contributed by atoms with Crippen LogP contribution in [0.1, 0.15) is 67.9 Å². The third kappa shape index (κ3) is 10.2. The number of nitrogens with one attached hydrogen (secondary N) is 2. The van der Waals surface area contributed by atoms with Crippen molar-refractivity contribution in [3.63, 3.8) is 0 Å². The number of carbonyl (C=O) groups is 1. The molecule has 38 heavy (non-hydrogen) atoms. The van der Waals surface area contributed by atoms with E-state index >= 15 is 0 Å². The maximum absolute atomic E-state index is 13.4. The molecule has 1 aliphatic heterocycles. The highest BCUT2D eigenvalue weighted by Crippen LogP contribution is 2.34. The van der Waals surface area contributed by atoms with E-state index in [9.17, 15) is 13.4 Å². The minimum Gasteiger partial charge on any atom is -0.477 e. The minimum atomic E-state index is -1.16. The number of aromatic nitrogens is 2. The van der Waals surface area contributed by atoms with Gasteiger partial charge in [0.15, 0.2) is 11.2 Å². The Balaban J connectivity index is 0.000000387. The molecular weight excluding hydrogens is 509 g/mol. The van der Waals surface area contributed by atoms with Crippen molar-refractivity contribution in [2.24, 2.45) is 13.0 Å². The first-order valence-corrected chi connectivity index (χ1v) is 14.5. The van der Waals surface area contributed by atoms with Crippen LogP contribution in [0.5, 0.6) is 0 Å². The average molecular weight is 554 g/mol. The van der Waals surface area contributed by atoms with Crippen molar-refractivity contribution in [1.82, 2.24) is 24.1 Å². The molecule has 1 aromatic heterocycles. The van der Waals surface area contributed by atoms with E-state index in [-0.39, 0.29) is 23.7 Å². The van der Waals surface area contributed by atoms with Gasteiger partial charge >= 0.3 is 5.97 Å². The molecule has 1 saturated carbocycles. The molecule has 0 radical (unpaired) electrons. The molecule has 1 aliphatic carbocycles. The number of rotatable bonds is 8. The monoisotopic (exact) mass is 553 g/mol. The summed E-state index contributed by atoms with van der Waals surface area (Å²) in [6.07, 6.45) is 6.80. The zero-order valence-corrected chi connectivity index (χ0v) is 24.0. The average Bonchev–Trinajstić information content (AvgIpc) is 3.36. The SMILES string of the molecule is CC.CN(C)S(=O)N[C@H]1CCNC[C@H]1COC1CCC(c2cccc(F)c2)CC1.Cn1nccc1C(=O)O. The number of halogens is 1. The van der Waals surface area contributed by atoms with Crippen LogP contribution in [0.3, 0.4) is 0 Å². The van der Waals surface area contributed by atoms with Gasteiger partial charge in [0.25, 0.3) is 0 Å². The summed E-state index contributed by atoms with van der Waals surface area (Å²) in [6.45, 7) is 6.52. The maximum Gasteiger partial charge on any atom is 0.354 e. The van der Waals surface area contributed by atoms with Crippen LogP contribution in [0.2, 0.25) is 0 Å². The molecular formula is C27H44FN5O4S. The number of hydrogen-bond acceptors (Lipinski definition) is 5. The van der Waals surface area contributed by atoms with E-state index < -0.39 is 17.1 Å². The van der Waals surface area contributed by atoms with Crippen molar-refractivity contribution in [3.05, 3.63) is 53.6 Å². The standard InChI is InChI=1S/C20H32FN3O2S.C5H6N2O2.C2H6/c1-24(2)27(25)23-20-10-11-22-13-17(20)14-26-19-8-6-15(7-9-19)16-4-3-5-18(21)12-16;1-7-4(5(8)9)2-3-6-7;1-2/h3-5,12,15,17,19-20,22-23H,6-11,13-14H2,1-2H3;2-3H,1H3,(H,8,9);1-2H3/t15?,17-,19?,20-,27?;;/m0../s1. The smallest absolute Gasteiger partial charge is 0.354 e. The van der Waals surface area contributed by atoms with Gasteiger partial charge in [0.1, 0.15) is 11.5 Å². The second-order valence-electron chi connectivity index (χ2n) is 9.55. The predicted molar refractivity (Wildman–Crippen MR) is 149 cm³/mol. The van der Waals surface area contributed by atoms with Crippen LogP contribution in [-0.2, 0) is 23.0 Å². The van der Waals surface area contributed by atoms with Gasteiger partial charge in [0.05, 0.1) is 12.7 Å². The number of piperidine rings is 1. The Bertz CT molecular complexity index is 997. The first-order chi connectivity index (χ1) is 18.2. The summed E-state index contributed by atoms with van der Waals surface area (Å²) in [7, 11) is 5.21. The highest BCUT2D eigenvalue weighted by Gasteiger charge is 2.29. The van der Waals surface area contributed by atoms with Gasteiger partial charge in [-0.2, -0.15) is 5.10 Å². The fourth-order valence-corrected chi connectivity index (χ4v) is 5.43. The third-order valence-electron chi connectivity index (χ3n) is 6.77. The summed E-state index contributed by atoms with van der Waals surface area (Å²) in [5.74, 6) is -0.336. The summed E-state index contributed by atoms with van der Waals surface area (Å²) in [5.41, 5.74) is 1.32. The van der Waals surface area contributed by atoms with E-state index in [2.05, 4.69) is 15.1 Å². The van der Waals surface area contributed by atoms with E-state index in [1.165, 1.54) is 23.0 Å². The first-order valence-electron chi connectivity index (χ1n) is 13.4. The van der Waals surface area contributed by atoms with Gasteiger partial charge in [0.2, 0.25) is 0 Å². The molecule has 1 aromatic carbocycles. The normalized spacial score (nSPS) is 24.0. The number of benzene rings is 1. The summed E-state index contributed by atoms with van der Waals surface area (Å²) in [4.78, 5) is 10.2. The van der Waals surface area contributed by atoms with E-state index in [4.69, 9.17) is 9.84 Å². The molecule has 0 amide bonds. The molecule has 2 aromatic rings. The van der Waals surface area contributed by atoms with Crippen LogP contribution >= 0.6 is 0 Å². The molecule has 0 spiro atoms. The zero-order valence-electron chi connectivity index (χ0n) is 23.2. The van der Waals surface area contributed by atoms with Crippen molar-refractivity contribution >= 4 is 17.1 Å². The van der Waals surface area contributed by atoms with Gasteiger partial charge in [-0.25, -0.2) is 22.4 Å². The number of aromatic carboxylic acids is 1. The van der Waals surface area contributed by atoms with Crippen LogP contribution in [0.25, 0.3) is 0 Å². The summed E-state index contributed by atoms with van der Waals surface area (Å²) in [6, 6.07) is 8.66. The Morgan fingerprint density at radius 1 is 1.24 bits per heavy atom. The Kier molecular flexibility index (Phi) is 14.1. The summed E-state index contributed by atoms with van der Waals surface area (Å²) >= 11 is -1.16. The van der Waals surface area contributed by atoms with Crippen LogP contribution in [0.15, 0.2) is 36.5 Å². The number of nitrogens with zero attached hydrogens (tertiary/aromatic N) is 3. The van der Waals surface area contributed by atoms with Crippen molar-refractivity contribution in [2.75, 3.05) is 33.8 Å². The van der Waals surface area contributed by atoms with Crippen molar-refractivity contribution in [3.8, 4) is 0 Å².